The molecule has 0 radical (unpaired) electrons. The molecule has 26 heavy (non-hydrogen) atoms. The van der Waals surface area contributed by atoms with Crippen LogP contribution < -0.4 is 5.32 Å². The van der Waals surface area contributed by atoms with Crippen molar-refractivity contribution in [2.24, 2.45) is 7.05 Å². The van der Waals surface area contributed by atoms with Gasteiger partial charge in [0.25, 0.3) is 5.91 Å². The van der Waals surface area contributed by atoms with E-state index >= 15 is 0 Å². The number of hydrogen-bond acceptors (Lipinski definition) is 7. The number of rotatable bonds is 4. The Balaban J connectivity index is 1.54. The molecule has 1 N–H and O–H groups in total. The van der Waals surface area contributed by atoms with Crippen molar-refractivity contribution < 1.29 is 4.79 Å². The summed E-state index contributed by atoms with van der Waals surface area (Å²) in [5.74, 6) is 0.828. The number of pyridine rings is 1. The Hall–Kier alpha value is -3.11. The van der Waals surface area contributed by atoms with E-state index in [1.807, 2.05) is 5.38 Å². The van der Waals surface area contributed by atoms with Gasteiger partial charge in [-0.2, -0.15) is 5.10 Å². The Labute approximate surface area is 156 Å². The first kappa shape index (κ1) is 16.4. The third kappa shape index (κ3) is 3.07. The number of carbonyl (C=O) groups is 1. The van der Waals surface area contributed by atoms with Crippen molar-refractivity contribution in [1.82, 2.24) is 34.3 Å². The Kier molecular flexibility index (Phi) is 4.19. The lowest BCUT2D eigenvalue weighted by molar-refractivity contribution is 0.102. The number of nitrogens with one attached hydrogen (secondary N) is 1. The first-order valence-corrected chi connectivity index (χ1v) is 8.63. The molecule has 4 aromatic rings. The maximum absolute atomic E-state index is 12.5. The highest BCUT2D eigenvalue weighted by Gasteiger charge is 2.14. The van der Waals surface area contributed by atoms with Gasteiger partial charge in [0.2, 0.25) is 0 Å². The maximum Gasteiger partial charge on any atom is 0.257 e. The zero-order chi connectivity index (χ0) is 18.1. The Morgan fingerprint density at radius 2 is 2.23 bits per heavy atom. The number of nitrogens with zero attached hydrogens (tertiary/aromatic N) is 7. The number of anilines is 1. The van der Waals surface area contributed by atoms with E-state index in [1.54, 1.807) is 29.9 Å². The molecular formula is C15H11ClN8OS. The first-order valence-electron chi connectivity index (χ1n) is 7.37. The molecule has 0 fully saturated rings. The number of aromatic nitrogens is 7. The Morgan fingerprint density at radius 3 is 2.96 bits per heavy atom. The second-order valence-corrected chi connectivity index (χ2v) is 6.44. The third-order valence-electron chi connectivity index (χ3n) is 3.55. The van der Waals surface area contributed by atoms with Gasteiger partial charge in [0.05, 0.1) is 6.20 Å². The quantitative estimate of drug-likeness (QED) is 0.577. The van der Waals surface area contributed by atoms with Crippen LogP contribution in [-0.4, -0.2) is 40.2 Å². The molecule has 0 saturated carbocycles. The van der Waals surface area contributed by atoms with Crippen LogP contribution >= 0.6 is 22.9 Å². The van der Waals surface area contributed by atoms with Gasteiger partial charge in [-0.1, -0.05) is 11.6 Å². The van der Waals surface area contributed by atoms with E-state index in [2.05, 4.69) is 30.4 Å². The van der Waals surface area contributed by atoms with Crippen LogP contribution in [-0.2, 0) is 7.05 Å². The summed E-state index contributed by atoms with van der Waals surface area (Å²) in [7, 11) is 1.80. The lowest BCUT2D eigenvalue weighted by atomic mass is 10.2. The molecule has 11 heteroatoms. The van der Waals surface area contributed by atoms with Crippen LogP contribution in [0.1, 0.15) is 10.4 Å². The van der Waals surface area contributed by atoms with Crippen LogP contribution in [0.3, 0.4) is 0 Å². The highest BCUT2D eigenvalue weighted by Crippen LogP contribution is 2.25. The normalized spacial score (nSPS) is 10.8. The molecule has 0 bridgehead atoms. The summed E-state index contributed by atoms with van der Waals surface area (Å²) in [6, 6.07) is 3.24. The van der Waals surface area contributed by atoms with Gasteiger partial charge in [0.1, 0.15) is 23.5 Å². The van der Waals surface area contributed by atoms with Crippen LogP contribution in [0, 0.1) is 0 Å². The zero-order valence-corrected chi connectivity index (χ0v) is 14.9. The molecular weight excluding hydrogens is 376 g/mol. The lowest BCUT2D eigenvalue weighted by Crippen LogP contribution is -2.13. The van der Waals surface area contributed by atoms with Gasteiger partial charge >= 0.3 is 0 Å². The average Bonchev–Trinajstić information content (AvgIpc) is 3.39. The van der Waals surface area contributed by atoms with E-state index in [0.29, 0.717) is 33.2 Å². The number of carbonyl (C=O) groups excluding carboxylic acids is 1. The minimum Gasteiger partial charge on any atom is -0.317 e. The summed E-state index contributed by atoms with van der Waals surface area (Å²) < 4.78 is 3.19. The van der Waals surface area contributed by atoms with Gasteiger partial charge in [-0.15, -0.1) is 11.3 Å². The summed E-state index contributed by atoms with van der Waals surface area (Å²) in [5.41, 5.74) is 1.07. The standard InChI is InChI=1S/C15H11ClN8OS/c1-23-11(16)5-19-13(23)10-6-26-15(21-10)22-14(25)9-2-3-18-12(4-9)24-8-17-7-20-24/h2-8H,1H3,(H,21,22,25). The molecule has 0 aliphatic carbocycles. The largest absolute Gasteiger partial charge is 0.317 e. The SMILES string of the molecule is Cn1c(Cl)cnc1-c1csc(NC(=O)c2ccnc(-n3cncn3)c2)n1. The molecule has 0 atom stereocenters. The number of hydrogen-bond donors (Lipinski definition) is 1. The van der Waals surface area contributed by atoms with Crippen molar-refractivity contribution in [2.75, 3.05) is 5.32 Å². The van der Waals surface area contributed by atoms with Crippen LogP contribution in [0.2, 0.25) is 5.15 Å². The molecule has 4 aromatic heterocycles. The number of halogens is 1. The number of thiazole rings is 1. The van der Waals surface area contributed by atoms with Crippen molar-refractivity contribution in [3.63, 3.8) is 0 Å². The molecule has 4 heterocycles. The van der Waals surface area contributed by atoms with Crippen molar-refractivity contribution in [3.05, 3.63) is 53.3 Å². The van der Waals surface area contributed by atoms with E-state index < -0.39 is 0 Å². The number of imidazole rings is 1. The predicted molar refractivity (Wildman–Crippen MR) is 96.4 cm³/mol. The van der Waals surface area contributed by atoms with Crippen molar-refractivity contribution >= 4 is 34.0 Å². The fraction of sp³-hybridized carbons (Fsp3) is 0.0667. The monoisotopic (exact) mass is 386 g/mol. The zero-order valence-electron chi connectivity index (χ0n) is 13.4. The first-order chi connectivity index (χ1) is 12.6. The fourth-order valence-electron chi connectivity index (χ4n) is 2.24. The van der Waals surface area contributed by atoms with Gasteiger partial charge in [0, 0.05) is 24.2 Å². The molecule has 0 aliphatic heterocycles. The summed E-state index contributed by atoms with van der Waals surface area (Å²) >= 11 is 7.30. The second-order valence-electron chi connectivity index (χ2n) is 5.20. The van der Waals surface area contributed by atoms with Gasteiger partial charge in [-0.3, -0.25) is 10.1 Å². The van der Waals surface area contributed by atoms with Crippen molar-refractivity contribution in [1.29, 1.82) is 0 Å². The highest BCUT2D eigenvalue weighted by molar-refractivity contribution is 7.14. The number of amides is 1. The molecule has 1 amide bonds. The van der Waals surface area contributed by atoms with E-state index in [1.165, 1.54) is 34.9 Å². The molecule has 0 aliphatic rings. The second kappa shape index (κ2) is 6.65. The molecule has 0 spiro atoms. The topological polar surface area (TPSA) is 103 Å². The maximum atomic E-state index is 12.5. The van der Waals surface area contributed by atoms with E-state index in [-0.39, 0.29) is 5.91 Å². The predicted octanol–water partition coefficient (Wildman–Crippen LogP) is 2.42. The van der Waals surface area contributed by atoms with Crippen molar-refractivity contribution in [3.8, 4) is 17.3 Å². The van der Waals surface area contributed by atoms with E-state index in [4.69, 9.17) is 11.6 Å². The minimum absolute atomic E-state index is 0.299. The van der Waals surface area contributed by atoms with Gasteiger partial charge in [-0.25, -0.2) is 24.6 Å². The van der Waals surface area contributed by atoms with Crippen molar-refractivity contribution in [2.45, 2.75) is 0 Å². The summed E-state index contributed by atoms with van der Waals surface area (Å²) in [4.78, 5) is 29.1. The van der Waals surface area contributed by atoms with Crippen LogP contribution in [0.25, 0.3) is 17.3 Å². The minimum atomic E-state index is -0.299. The molecule has 130 valence electrons. The molecule has 0 aromatic carbocycles. The summed E-state index contributed by atoms with van der Waals surface area (Å²) in [5, 5.41) is 9.55. The summed E-state index contributed by atoms with van der Waals surface area (Å²) in [6.45, 7) is 0. The van der Waals surface area contributed by atoms with Gasteiger partial charge in [-0.05, 0) is 12.1 Å². The van der Waals surface area contributed by atoms with E-state index in [9.17, 15) is 4.79 Å². The smallest absolute Gasteiger partial charge is 0.257 e. The van der Waals surface area contributed by atoms with E-state index in [0.717, 1.165) is 0 Å². The molecule has 9 nitrogen and oxygen atoms in total. The molecule has 4 rings (SSSR count). The van der Waals surface area contributed by atoms with Crippen LogP contribution in [0.15, 0.2) is 42.6 Å². The van der Waals surface area contributed by atoms with Crippen LogP contribution in [0.5, 0.6) is 0 Å². The Bertz CT molecular complexity index is 1070. The Morgan fingerprint density at radius 1 is 1.35 bits per heavy atom. The highest BCUT2D eigenvalue weighted by atomic mass is 35.5. The lowest BCUT2D eigenvalue weighted by Gasteiger charge is -2.04. The van der Waals surface area contributed by atoms with Gasteiger partial charge in [0.15, 0.2) is 16.8 Å². The molecule has 0 unspecified atom stereocenters. The fourth-order valence-corrected chi connectivity index (χ4v) is 3.05. The molecule has 0 saturated heterocycles. The van der Waals surface area contributed by atoms with Crippen LogP contribution in [0.4, 0.5) is 5.13 Å². The summed E-state index contributed by atoms with van der Waals surface area (Å²) in [6.07, 6.45) is 6.00. The third-order valence-corrected chi connectivity index (χ3v) is 4.66. The average molecular weight is 387 g/mol. The van der Waals surface area contributed by atoms with Gasteiger partial charge < -0.3 is 4.57 Å².